The van der Waals surface area contributed by atoms with Crippen molar-refractivity contribution in [3.8, 4) is 5.75 Å². The van der Waals surface area contributed by atoms with Gasteiger partial charge >= 0.3 is 5.97 Å². The van der Waals surface area contributed by atoms with Crippen molar-refractivity contribution < 1.29 is 19.8 Å². The molecule has 114 valence electrons. The molecule has 0 unspecified atom stereocenters. The molecular weight excluding hydrogens is 280 g/mol. The average Bonchev–Trinajstić information content (AvgIpc) is 2.49. The Morgan fingerprint density at radius 3 is 2.18 bits per heavy atom. The molecule has 22 heavy (non-hydrogen) atoms. The fourth-order valence-electron chi connectivity index (χ4n) is 2.26. The Labute approximate surface area is 129 Å². The molecule has 0 aromatic heterocycles. The highest BCUT2D eigenvalue weighted by atomic mass is 16.4. The maximum atomic E-state index is 12.1. The van der Waals surface area contributed by atoms with Gasteiger partial charge in [-0.3, -0.25) is 9.59 Å². The standard InChI is InChI=1S/C18H18O4/c19-16-6-2-1-5-15(16)17(20)12-14-10-8-13(9-11-14)4-3-7-18(21)22/h1-2,5-6,8-11,19H,3-4,7,12H2,(H,21,22). The van der Waals surface area contributed by atoms with Gasteiger partial charge in [-0.25, -0.2) is 0 Å². The van der Waals surface area contributed by atoms with Crippen molar-refractivity contribution in [1.29, 1.82) is 0 Å². The van der Waals surface area contributed by atoms with Gasteiger partial charge in [0.2, 0.25) is 0 Å². The zero-order valence-corrected chi connectivity index (χ0v) is 12.2. The summed E-state index contributed by atoms with van der Waals surface area (Å²) in [5.41, 5.74) is 2.25. The van der Waals surface area contributed by atoms with E-state index in [-0.39, 0.29) is 24.4 Å². The molecule has 2 aromatic rings. The lowest BCUT2D eigenvalue weighted by Crippen LogP contribution is -2.04. The molecule has 4 nitrogen and oxygen atoms in total. The highest BCUT2D eigenvalue weighted by Gasteiger charge is 2.11. The molecule has 0 fully saturated rings. The summed E-state index contributed by atoms with van der Waals surface area (Å²) in [6, 6.07) is 14.1. The third-order valence-corrected chi connectivity index (χ3v) is 3.45. The second-order valence-electron chi connectivity index (χ2n) is 5.18. The number of aliphatic carboxylic acids is 1. The van der Waals surface area contributed by atoms with Crippen LogP contribution in [-0.2, 0) is 17.6 Å². The predicted molar refractivity (Wildman–Crippen MR) is 83.2 cm³/mol. The third kappa shape index (κ3) is 4.45. The van der Waals surface area contributed by atoms with Crippen LogP contribution in [-0.4, -0.2) is 22.0 Å². The molecule has 0 saturated heterocycles. The molecule has 0 bridgehead atoms. The van der Waals surface area contributed by atoms with Crippen LogP contribution in [0.3, 0.4) is 0 Å². The number of carboxylic acid groups (broad SMARTS) is 1. The lowest BCUT2D eigenvalue weighted by molar-refractivity contribution is -0.137. The Morgan fingerprint density at radius 2 is 1.55 bits per heavy atom. The number of hydrogen-bond donors (Lipinski definition) is 2. The lowest BCUT2D eigenvalue weighted by atomic mass is 10.00. The summed E-state index contributed by atoms with van der Waals surface area (Å²) in [6.07, 6.45) is 1.70. The maximum Gasteiger partial charge on any atom is 0.303 e. The number of benzene rings is 2. The summed E-state index contributed by atoms with van der Waals surface area (Å²) in [5, 5.41) is 18.3. The summed E-state index contributed by atoms with van der Waals surface area (Å²) in [7, 11) is 0. The molecule has 0 aliphatic rings. The van der Waals surface area contributed by atoms with E-state index in [4.69, 9.17) is 5.11 Å². The quantitative estimate of drug-likeness (QED) is 0.770. The van der Waals surface area contributed by atoms with Crippen LogP contribution in [0.2, 0.25) is 0 Å². The lowest BCUT2D eigenvalue weighted by Gasteiger charge is -2.05. The van der Waals surface area contributed by atoms with Crippen LogP contribution in [0.5, 0.6) is 5.75 Å². The van der Waals surface area contributed by atoms with Crippen molar-refractivity contribution in [2.45, 2.75) is 25.7 Å². The average molecular weight is 298 g/mol. The SMILES string of the molecule is O=C(O)CCCc1ccc(CC(=O)c2ccccc2O)cc1. The number of rotatable bonds is 7. The van der Waals surface area contributed by atoms with Gasteiger partial charge in [0.15, 0.2) is 5.78 Å². The number of carboxylic acids is 1. The second-order valence-corrected chi connectivity index (χ2v) is 5.18. The highest BCUT2D eigenvalue weighted by Crippen LogP contribution is 2.18. The Balaban J connectivity index is 1.95. The van der Waals surface area contributed by atoms with E-state index in [1.165, 1.54) is 6.07 Å². The van der Waals surface area contributed by atoms with Crippen molar-refractivity contribution in [3.63, 3.8) is 0 Å². The van der Waals surface area contributed by atoms with Crippen molar-refractivity contribution in [2.24, 2.45) is 0 Å². The van der Waals surface area contributed by atoms with Crippen molar-refractivity contribution in [1.82, 2.24) is 0 Å². The third-order valence-electron chi connectivity index (χ3n) is 3.45. The van der Waals surface area contributed by atoms with E-state index < -0.39 is 5.97 Å². The summed E-state index contributed by atoms with van der Waals surface area (Å²) >= 11 is 0. The Kier molecular flexibility index (Phi) is 5.31. The molecule has 0 heterocycles. The number of para-hydroxylation sites is 1. The monoisotopic (exact) mass is 298 g/mol. The van der Waals surface area contributed by atoms with Crippen LogP contribution in [0.25, 0.3) is 0 Å². The van der Waals surface area contributed by atoms with Crippen molar-refractivity contribution in [3.05, 3.63) is 65.2 Å². The first-order chi connectivity index (χ1) is 10.6. The summed E-state index contributed by atoms with van der Waals surface area (Å²) in [4.78, 5) is 22.6. The number of phenolic OH excluding ortho intramolecular Hbond substituents is 1. The number of hydrogen-bond acceptors (Lipinski definition) is 3. The number of aryl methyl sites for hydroxylation is 1. The minimum absolute atomic E-state index is 0.00205. The molecule has 0 spiro atoms. The smallest absolute Gasteiger partial charge is 0.303 e. The molecule has 0 radical (unpaired) electrons. The normalized spacial score (nSPS) is 10.4. The van der Waals surface area contributed by atoms with Crippen LogP contribution in [0.4, 0.5) is 0 Å². The number of Topliss-reactive ketones (excluding diaryl/α,β-unsaturated/α-hetero) is 1. The molecule has 0 amide bonds. The van der Waals surface area contributed by atoms with Gasteiger partial charge in [-0.15, -0.1) is 0 Å². The molecule has 4 heteroatoms. The van der Waals surface area contributed by atoms with Crippen molar-refractivity contribution >= 4 is 11.8 Å². The Morgan fingerprint density at radius 1 is 0.909 bits per heavy atom. The first kappa shape index (κ1) is 15.8. The molecular formula is C18H18O4. The van der Waals surface area contributed by atoms with Crippen molar-refractivity contribution in [2.75, 3.05) is 0 Å². The Bertz CT molecular complexity index is 659. The van der Waals surface area contributed by atoms with E-state index in [2.05, 4.69) is 0 Å². The van der Waals surface area contributed by atoms with E-state index in [0.29, 0.717) is 18.4 Å². The topological polar surface area (TPSA) is 74.6 Å². The van der Waals surface area contributed by atoms with Gasteiger partial charge in [-0.05, 0) is 36.1 Å². The number of phenols is 1. The maximum absolute atomic E-state index is 12.1. The van der Waals surface area contributed by atoms with Gasteiger partial charge in [-0.2, -0.15) is 0 Å². The van der Waals surface area contributed by atoms with Crippen LogP contribution >= 0.6 is 0 Å². The summed E-state index contributed by atoms with van der Waals surface area (Å²) < 4.78 is 0. The second kappa shape index (κ2) is 7.41. The fraction of sp³-hybridized carbons (Fsp3) is 0.222. The highest BCUT2D eigenvalue weighted by molar-refractivity contribution is 5.99. The fourth-order valence-corrected chi connectivity index (χ4v) is 2.26. The van der Waals surface area contributed by atoms with Crippen LogP contribution in [0.1, 0.15) is 34.3 Å². The number of carbonyl (C=O) groups excluding carboxylic acids is 1. The van der Waals surface area contributed by atoms with E-state index >= 15 is 0 Å². The largest absolute Gasteiger partial charge is 0.507 e. The van der Waals surface area contributed by atoms with E-state index in [9.17, 15) is 14.7 Å². The van der Waals surface area contributed by atoms with Crippen LogP contribution in [0, 0.1) is 0 Å². The first-order valence-corrected chi connectivity index (χ1v) is 7.17. The van der Waals surface area contributed by atoms with Gasteiger partial charge in [0, 0.05) is 12.8 Å². The van der Waals surface area contributed by atoms with Crippen LogP contribution in [0.15, 0.2) is 48.5 Å². The molecule has 0 aliphatic carbocycles. The van der Waals surface area contributed by atoms with Crippen LogP contribution < -0.4 is 0 Å². The van der Waals surface area contributed by atoms with Gasteiger partial charge < -0.3 is 10.2 Å². The number of ketones is 1. The van der Waals surface area contributed by atoms with Gasteiger partial charge in [-0.1, -0.05) is 36.4 Å². The predicted octanol–water partition coefficient (Wildman–Crippen LogP) is 3.22. The molecule has 2 N–H and O–H groups in total. The molecule has 0 saturated carbocycles. The van der Waals surface area contributed by atoms with E-state index in [1.54, 1.807) is 18.2 Å². The Hall–Kier alpha value is -2.62. The summed E-state index contributed by atoms with van der Waals surface area (Å²) in [6.45, 7) is 0. The molecule has 0 aliphatic heterocycles. The molecule has 0 atom stereocenters. The summed E-state index contributed by atoms with van der Waals surface area (Å²) in [5.74, 6) is -0.917. The van der Waals surface area contributed by atoms with Gasteiger partial charge in [0.05, 0.1) is 5.56 Å². The zero-order valence-electron chi connectivity index (χ0n) is 12.2. The minimum atomic E-state index is -0.787. The molecule has 2 rings (SSSR count). The molecule has 2 aromatic carbocycles. The van der Waals surface area contributed by atoms with E-state index in [1.807, 2.05) is 24.3 Å². The van der Waals surface area contributed by atoms with Gasteiger partial charge in [0.25, 0.3) is 0 Å². The van der Waals surface area contributed by atoms with Gasteiger partial charge in [0.1, 0.15) is 5.75 Å². The number of carbonyl (C=O) groups is 2. The van der Waals surface area contributed by atoms with E-state index in [0.717, 1.165) is 11.1 Å². The zero-order chi connectivity index (χ0) is 15.9. The first-order valence-electron chi connectivity index (χ1n) is 7.17. The number of aromatic hydroxyl groups is 1. The minimum Gasteiger partial charge on any atom is -0.507 e.